The van der Waals surface area contributed by atoms with E-state index in [2.05, 4.69) is 37.2 Å². The first-order valence-corrected chi connectivity index (χ1v) is 8.89. The molecule has 0 amide bonds. The summed E-state index contributed by atoms with van der Waals surface area (Å²) in [7, 11) is 0. The Morgan fingerprint density at radius 2 is 2.11 bits per heavy atom. The van der Waals surface area contributed by atoms with E-state index in [1.165, 1.54) is 6.92 Å². The molecule has 0 aliphatic rings. The topological polar surface area (TPSA) is 100 Å². The fourth-order valence-corrected chi connectivity index (χ4v) is 3.37. The maximum atomic E-state index is 12.1. The molecule has 0 fully saturated rings. The summed E-state index contributed by atoms with van der Waals surface area (Å²) >= 11 is 3.47. The molecule has 0 aliphatic carbocycles. The number of rotatable bonds is 3. The molecule has 132 valence electrons. The molecule has 0 saturated heterocycles. The average molecular weight is 421 g/mol. The van der Waals surface area contributed by atoms with Gasteiger partial charge in [0.05, 0.1) is 22.3 Å². The predicted octanol–water partition coefficient (Wildman–Crippen LogP) is 3.96. The second kappa shape index (κ2) is 6.45. The zero-order valence-corrected chi connectivity index (χ0v) is 16.1. The normalized spacial score (nSPS) is 10.9. The molecule has 7 nitrogen and oxygen atoms in total. The van der Waals surface area contributed by atoms with Crippen molar-refractivity contribution in [2.24, 2.45) is 0 Å². The Balaban J connectivity index is 1.99. The summed E-state index contributed by atoms with van der Waals surface area (Å²) in [5, 5.41) is 16.2. The molecule has 3 heterocycles. The zero-order valence-electron chi connectivity index (χ0n) is 14.5. The molecule has 1 N–H and O–H groups in total. The Bertz CT molecular complexity index is 1250. The van der Waals surface area contributed by atoms with Crippen LogP contribution in [0.5, 0.6) is 0 Å². The highest BCUT2D eigenvalue weighted by Crippen LogP contribution is 2.29. The number of benzene rings is 1. The standard InChI is InChI=1S/C19H13BrN6O/c1-10-18(15(8-21)25-24-10)19-13(11(2)27)4-6-17(23-19)26-9-22-14-5-3-12(20)7-16(14)26/h3-7,9H,1-2H3,(H,24,25). The van der Waals surface area contributed by atoms with Gasteiger partial charge in [-0.05, 0) is 44.2 Å². The van der Waals surface area contributed by atoms with Crippen LogP contribution in [0.3, 0.4) is 0 Å². The van der Waals surface area contributed by atoms with E-state index < -0.39 is 0 Å². The Hall–Kier alpha value is -3.31. The van der Waals surface area contributed by atoms with Gasteiger partial charge in [-0.2, -0.15) is 10.4 Å². The monoisotopic (exact) mass is 420 g/mol. The first kappa shape index (κ1) is 17.1. The number of nitrogens with zero attached hydrogens (tertiary/aromatic N) is 5. The van der Waals surface area contributed by atoms with E-state index in [1.807, 2.05) is 22.8 Å². The lowest BCUT2D eigenvalue weighted by Crippen LogP contribution is -2.04. The first-order chi connectivity index (χ1) is 13.0. The third kappa shape index (κ3) is 2.82. The van der Waals surface area contributed by atoms with Crippen LogP contribution in [-0.2, 0) is 0 Å². The van der Waals surface area contributed by atoms with Gasteiger partial charge in [-0.15, -0.1) is 0 Å². The van der Waals surface area contributed by atoms with Crippen molar-refractivity contribution < 1.29 is 4.79 Å². The molecule has 0 spiro atoms. The van der Waals surface area contributed by atoms with Crippen molar-refractivity contribution in [2.75, 3.05) is 0 Å². The number of carbonyl (C=O) groups is 1. The highest BCUT2D eigenvalue weighted by atomic mass is 79.9. The minimum Gasteiger partial charge on any atom is -0.294 e. The number of carbonyl (C=O) groups excluding carboxylic acids is 1. The summed E-state index contributed by atoms with van der Waals surface area (Å²) in [6.07, 6.45) is 1.68. The largest absolute Gasteiger partial charge is 0.294 e. The van der Waals surface area contributed by atoms with Crippen LogP contribution >= 0.6 is 15.9 Å². The van der Waals surface area contributed by atoms with Crippen molar-refractivity contribution in [3.8, 4) is 23.1 Å². The summed E-state index contributed by atoms with van der Waals surface area (Å²) in [5.41, 5.74) is 3.99. The van der Waals surface area contributed by atoms with Crippen molar-refractivity contribution in [3.05, 3.63) is 58.1 Å². The number of halogens is 1. The molecule has 0 unspecified atom stereocenters. The van der Waals surface area contributed by atoms with E-state index in [0.717, 1.165) is 15.5 Å². The number of aromatic amines is 1. The molecule has 0 aliphatic heterocycles. The third-order valence-corrected chi connectivity index (χ3v) is 4.80. The minimum atomic E-state index is -0.133. The van der Waals surface area contributed by atoms with E-state index in [4.69, 9.17) is 4.98 Å². The molecule has 4 aromatic rings. The van der Waals surface area contributed by atoms with Crippen molar-refractivity contribution in [1.29, 1.82) is 5.26 Å². The molecule has 8 heteroatoms. The average Bonchev–Trinajstić information content (AvgIpc) is 3.23. The molecule has 0 saturated carbocycles. The smallest absolute Gasteiger partial charge is 0.171 e. The van der Waals surface area contributed by atoms with Gasteiger partial charge in [0, 0.05) is 15.7 Å². The van der Waals surface area contributed by atoms with E-state index >= 15 is 0 Å². The number of aryl methyl sites for hydroxylation is 1. The number of imidazole rings is 1. The molecule has 0 bridgehead atoms. The van der Waals surface area contributed by atoms with Crippen LogP contribution in [0.4, 0.5) is 0 Å². The minimum absolute atomic E-state index is 0.133. The van der Waals surface area contributed by atoms with Gasteiger partial charge in [0.1, 0.15) is 18.2 Å². The van der Waals surface area contributed by atoms with Crippen LogP contribution in [0.1, 0.15) is 28.7 Å². The van der Waals surface area contributed by atoms with Gasteiger partial charge in [0.2, 0.25) is 0 Å². The second-order valence-corrected chi connectivity index (χ2v) is 6.97. The van der Waals surface area contributed by atoms with Crippen LogP contribution in [-0.4, -0.2) is 30.5 Å². The fourth-order valence-electron chi connectivity index (χ4n) is 3.02. The number of nitriles is 1. The van der Waals surface area contributed by atoms with E-state index in [9.17, 15) is 10.1 Å². The number of hydrogen-bond acceptors (Lipinski definition) is 5. The Morgan fingerprint density at radius 3 is 2.85 bits per heavy atom. The number of ketones is 1. The van der Waals surface area contributed by atoms with Crippen LogP contribution in [0, 0.1) is 18.3 Å². The molecule has 1 aromatic carbocycles. The predicted molar refractivity (Wildman–Crippen MR) is 104 cm³/mol. The summed E-state index contributed by atoms with van der Waals surface area (Å²) in [4.78, 5) is 21.3. The van der Waals surface area contributed by atoms with Gasteiger partial charge >= 0.3 is 0 Å². The molecule has 0 radical (unpaired) electrons. The number of Topliss-reactive ketones (excluding diaryl/α,β-unsaturated/α-hetero) is 1. The SMILES string of the molecule is CC(=O)c1ccc(-n2cnc3ccc(Br)cc32)nc1-c1c(C#N)n[nH]c1C. The van der Waals surface area contributed by atoms with Gasteiger partial charge < -0.3 is 0 Å². The van der Waals surface area contributed by atoms with Gasteiger partial charge in [0.15, 0.2) is 11.5 Å². The molecule has 4 rings (SSSR count). The molecular formula is C19H13BrN6O. The van der Waals surface area contributed by atoms with Crippen LogP contribution in [0.2, 0.25) is 0 Å². The van der Waals surface area contributed by atoms with Crippen molar-refractivity contribution in [3.63, 3.8) is 0 Å². The maximum absolute atomic E-state index is 12.1. The number of pyridine rings is 1. The quantitative estimate of drug-likeness (QED) is 0.505. The summed E-state index contributed by atoms with van der Waals surface area (Å²) < 4.78 is 2.77. The summed E-state index contributed by atoms with van der Waals surface area (Å²) in [6.45, 7) is 3.27. The molecule has 0 atom stereocenters. The zero-order chi connectivity index (χ0) is 19.1. The lowest BCUT2D eigenvalue weighted by Gasteiger charge is -2.10. The van der Waals surface area contributed by atoms with Crippen molar-refractivity contribution >= 4 is 32.7 Å². The Labute approximate surface area is 162 Å². The first-order valence-electron chi connectivity index (χ1n) is 8.10. The van der Waals surface area contributed by atoms with Crippen LogP contribution in [0.15, 0.2) is 41.1 Å². The van der Waals surface area contributed by atoms with Gasteiger partial charge in [-0.25, -0.2) is 9.97 Å². The van der Waals surface area contributed by atoms with E-state index in [1.54, 1.807) is 25.4 Å². The summed E-state index contributed by atoms with van der Waals surface area (Å²) in [5.74, 6) is 0.465. The molecule has 27 heavy (non-hydrogen) atoms. The number of aromatic nitrogens is 5. The highest BCUT2D eigenvalue weighted by Gasteiger charge is 2.20. The highest BCUT2D eigenvalue weighted by molar-refractivity contribution is 9.10. The number of hydrogen-bond donors (Lipinski definition) is 1. The lowest BCUT2D eigenvalue weighted by molar-refractivity contribution is 0.101. The Kier molecular flexibility index (Phi) is 4.09. The van der Waals surface area contributed by atoms with E-state index in [-0.39, 0.29) is 11.5 Å². The van der Waals surface area contributed by atoms with Gasteiger partial charge in [0.25, 0.3) is 0 Å². The second-order valence-electron chi connectivity index (χ2n) is 6.05. The molecular weight excluding hydrogens is 408 g/mol. The van der Waals surface area contributed by atoms with Crippen molar-refractivity contribution in [1.82, 2.24) is 24.7 Å². The van der Waals surface area contributed by atoms with Crippen LogP contribution < -0.4 is 0 Å². The van der Waals surface area contributed by atoms with Crippen LogP contribution in [0.25, 0.3) is 28.1 Å². The number of nitrogens with one attached hydrogen (secondary N) is 1. The number of fused-ring (bicyclic) bond motifs is 1. The fraction of sp³-hybridized carbons (Fsp3) is 0.105. The maximum Gasteiger partial charge on any atom is 0.171 e. The Morgan fingerprint density at radius 1 is 1.30 bits per heavy atom. The lowest BCUT2D eigenvalue weighted by atomic mass is 10.0. The van der Waals surface area contributed by atoms with Gasteiger partial charge in [-0.1, -0.05) is 15.9 Å². The van der Waals surface area contributed by atoms with E-state index in [0.29, 0.717) is 28.3 Å². The third-order valence-electron chi connectivity index (χ3n) is 4.31. The molecule has 3 aromatic heterocycles. The number of H-pyrrole nitrogens is 1. The van der Waals surface area contributed by atoms with Gasteiger partial charge in [-0.3, -0.25) is 14.5 Å². The summed E-state index contributed by atoms with van der Waals surface area (Å²) in [6, 6.07) is 11.3. The van der Waals surface area contributed by atoms with Crippen molar-refractivity contribution in [2.45, 2.75) is 13.8 Å².